The minimum absolute atomic E-state index is 0. The fourth-order valence-electron chi connectivity index (χ4n) is 5.41. The molecule has 0 amide bonds. The Bertz CT molecular complexity index is 1260. The number of aromatic nitrogens is 1. The quantitative estimate of drug-likeness (QED) is 0.191. The van der Waals surface area contributed by atoms with E-state index in [1.807, 2.05) is 6.07 Å². The van der Waals surface area contributed by atoms with Gasteiger partial charge in [0.15, 0.2) is 5.58 Å². The molecular weight excluding hydrogens is 529 g/mol. The second-order valence-electron chi connectivity index (χ2n) is 10.6. The lowest BCUT2D eigenvalue weighted by molar-refractivity contribution is 0.172. The fourth-order valence-corrected chi connectivity index (χ4v) is 5.41. The highest BCUT2D eigenvalue weighted by Gasteiger charge is 2.22. The Balaban J connectivity index is 0.00000210. The first-order chi connectivity index (χ1) is 18.2. The van der Waals surface area contributed by atoms with Crippen molar-refractivity contribution in [2.45, 2.75) is 45.2 Å². The lowest BCUT2D eigenvalue weighted by atomic mass is 9.91. The number of ether oxygens (including phenoxy) is 1. The van der Waals surface area contributed by atoms with Gasteiger partial charge >= 0.3 is 0 Å². The molecule has 7 heteroatoms. The molecule has 5 nitrogen and oxygen atoms in total. The van der Waals surface area contributed by atoms with Crippen LogP contribution in [0.1, 0.15) is 41.6 Å². The molecule has 0 saturated carbocycles. The molecule has 1 saturated heterocycles. The van der Waals surface area contributed by atoms with Crippen molar-refractivity contribution in [1.82, 2.24) is 15.0 Å². The van der Waals surface area contributed by atoms with Gasteiger partial charge in [-0.25, -0.2) is 0 Å². The Hall–Kier alpha value is -2.57. The highest BCUT2D eigenvalue weighted by molar-refractivity contribution is 5.86. The summed E-state index contributed by atoms with van der Waals surface area (Å²) in [5.41, 5.74) is 5.73. The molecule has 0 radical (unpaired) electrons. The van der Waals surface area contributed by atoms with Gasteiger partial charge in [-0.3, -0.25) is 4.90 Å². The predicted molar refractivity (Wildman–Crippen MR) is 164 cm³/mol. The number of piperidine rings is 1. The number of halogens is 2. The third-order valence-corrected chi connectivity index (χ3v) is 7.49. The Morgan fingerprint density at radius 1 is 0.872 bits per heavy atom. The first kappa shape index (κ1) is 31.0. The predicted octanol–water partition coefficient (Wildman–Crippen LogP) is 7.20. The largest absolute Gasteiger partial charge is 0.493 e. The van der Waals surface area contributed by atoms with Crippen LogP contribution in [0.3, 0.4) is 0 Å². The maximum Gasteiger partial charge on any atom is 0.175 e. The molecule has 4 aromatic rings. The van der Waals surface area contributed by atoms with Gasteiger partial charge in [-0.1, -0.05) is 65.8 Å². The summed E-state index contributed by atoms with van der Waals surface area (Å²) in [6, 6.07) is 25.5. The van der Waals surface area contributed by atoms with Crippen LogP contribution in [-0.4, -0.2) is 48.7 Å². The molecule has 2 heterocycles. The van der Waals surface area contributed by atoms with Crippen LogP contribution in [0.5, 0.6) is 5.75 Å². The number of hydrogen-bond acceptors (Lipinski definition) is 5. The van der Waals surface area contributed by atoms with E-state index in [9.17, 15) is 0 Å². The molecular formula is C32H41Cl2N3O2. The van der Waals surface area contributed by atoms with Gasteiger partial charge in [0, 0.05) is 24.9 Å². The molecule has 210 valence electrons. The summed E-state index contributed by atoms with van der Waals surface area (Å²) in [4.78, 5) is 4.74. The first-order valence-electron chi connectivity index (χ1n) is 13.6. The van der Waals surface area contributed by atoms with Crippen molar-refractivity contribution >= 4 is 35.8 Å². The maximum absolute atomic E-state index is 6.25. The zero-order chi connectivity index (χ0) is 25.5. The zero-order valence-electron chi connectivity index (χ0n) is 23.1. The van der Waals surface area contributed by atoms with E-state index in [1.165, 1.54) is 43.5 Å². The summed E-state index contributed by atoms with van der Waals surface area (Å²) >= 11 is 0. The van der Waals surface area contributed by atoms with E-state index < -0.39 is 0 Å². The van der Waals surface area contributed by atoms with Gasteiger partial charge < -0.3 is 14.2 Å². The van der Waals surface area contributed by atoms with Gasteiger partial charge in [0.05, 0.1) is 17.9 Å². The number of likely N-dealkylation sites (tertiary alicyclic amines) is 1. The number of fused-ring (bicyclic) bond motifs is 1. The van der Waals surface area contributed by atoms with E-state index in [4.69, 9.17) is 9.26 Å². The van der Waals surface area contributed by atoms with E-state index in [2.05, 4.69) is 95.8 Å². The molecule has 0 spiro atoms. The second kappa shape index (κ2) is 15.3. The number of benzene rings is 3. The summed E-state index contributed by atoms with van der Waals surface area (Å²) in [5, 5.41) is 5.66. The Morgan fingerprint density at radius 2 is 1.54 bits per heavy atom. The minimum atomic E-state index is 0. The Kier molecular flexibility index (Phi) is 12.1. The van der Waals surface area contributed by atoms with Crippen LogP contribution in [0.25, 0.3) is 11.0 Å². The third-order valence-electron chi connectivity index (χ3n) is 7.49. The normalized spacial score (nSPS) is 14.2. The van der Waals surface area contributed by atoms with Crippen molar-refractivity contribution in [3.63, 3.8) is 0 Å². The summed E-state index contributed by atoms with van der Waals surface area (Å²) in [5.74, 6) is 1.64. The fraction of sp³-hybridized carbons (Fsp3) is 0.406. The molecule has 0 unspecified atom stereocenters. The number of nitrogens with zero attached hydrogens (tertiary/aromatic N) is 3. The lowest BCUT2D eigenvalue weighted by Gasteiger charge is -2.31. The van der Waals surface area contributed by atoms with Crippen molar-refractivity contribution in [3.05, 3.63) is 95.2 Å². The molecule has 1 fully saturated rings. The molecule has 0 N–H and O–H groups in total. The zero-order valence-corrected chi connectivity index (χ0v) is 24.7. The molecule has 1 aliphatic rings. The van der Waals surface area contributed by atoms with E-state index in [1.54, 1.807) is 0 Å². The van der Waals surface area contributed by atoms with Gasteiger partial charge in [0.2, 0.25) is 0 Å². The van der Waals surface area contributed by atoms with Gasteiger partial charge in [-0.15, -0.1) is 24.8 Å². The third kappa shape index (κ3) is 8.46. The van der Waals surface area contributed by atoms with Crippen LogP contribution >= 0.6 is 24.8 Å². The second-order valence-corrected chi connectivity index (χ2v) is 10.6. The summed E-state index contributed by atoms with van der Waals surface area (Å²) in [6.07, 6.45) is 5.53. The van der Waals surface area contributed by atoms with Crippen molar-refractivity contribution in [2.24, 2.45) is 5.92 Å². The highest BCUT2D eigenvalue weighted by Crippen LogP contribution is 2.33. The van der Waals surface area contributed by atoms with Crippen molar-refractivity contribution in [1.29, 1.82) is 0 Å². The molecule has 1 aromatic heterocycles. The molecule has 5 rings (SSSR count). The molecule has 0 aliphatic carbocycles. The van der Waals surface area contributed by atoms with Crippen LogP contribution in [0.4, 0.5) is 0 Å². The van der Waals surface area contributed by atoms with E-state index in [0.717, 1.165) is 59.8 Å². The maximum atomic E-state index is 6.25. The number of aryl methyl sites for hydroxylation is 1. The van der Waals surface area contributed by atoms with Gasteiger partial charge in [-0.2, -0.15) is 0 Å². The topological polar surface area (TPSA) is 41.7 Å². The monoisotopic (exact) mass is 569 g/mol. The van der Waals surface area contributed by atoms with Gasteiger partial charge in [-0.05, 0) is 82.0 Å². The minimum Gasteiger partial charge on any atom is -0.493 e. The molecule has 3 aromatic carbocycles. The standard InChI is InChI=1S/C32H39N3O2.2ClH/c1-34(2)24-29-31(36-22-19-25-9-5-3-6-10-25)16-14-28-30(33-37-32(28)29)15-13-26-17-20-35(21-18-26)23-27-11-7-4-8-12-27;;/h3-12,14,16,26H,13,15,17-24H2,1-2H3;2*1H. The van der Waals surface area contributed by atoms with E-state index in [-0.39, 0.29) is 24.8 Å². The number of rotatable bonds is 11. The van der Waals surface area contributed by atoms with Crippen LogP contribution in [-0.2, 0) is 25.9 Å². The van der Waals surface area contributed by atoms with Crippen molar-refractivity contribution in [2.75, 3.05) is 33.8 Å². The average Bonchev–Trinajstić information content (AvgIpc) is 3.34. The van der Waals surface area contributed by atoms with Crippen LogP contribution in [0, 0.1) is 5.92 Å². The smallest absolute Gasteiger partial charge is 0.175 e. The van der Waals surface area contributed by atoms with E-state index in [0.29, 0.717) is 6.61 Å². The van der Waals surface area contributed by atoms with Crippen molar-refractivity contribution < 1.29 is 9.26 Å². The van der Waals surface area contributed by atoms with Crippen molar-refractivity contribution in [3.8, 4) is 5.75 Å². The van der Waals surface area contributed by atoms with Crippen LogP contribution in [0.2, 0.25) is 0 Å². The molecule has 0 atom stereocenters. The molecule has 0 bridgehead atoms. The number of hydrogen-bond donors (Lipinski definition) is 0. The van der Waals surface area contributed by atoms with Gasteiger partial charge in [0.25, 0.3) is 0 Å². The summed E-state index contributed by atoms with van der Waals surface area (Å²) in [6.45, 7) is 4.81. The average molecular weight is 571 g/mol. The van der Waals surface area contributed by atoms with Gasteiger partial charge in [0.1, 0.15) is 5.75 Å². The SMILES string of the molecule is CN(C)Cc1c(OCCc2ccccc2)ccc2c(CCC3CCN(Cc4ccccc4)CC3)noc12.Cl.Cl. The Morgan fingerprint density at radius 3 is 2.21 bits per heavy atom. The lowest BCUT2D eigenvalue weighted by Crippen LogP contribution is -2.33. The van der Waals surface area contributed by atoms with E-state index >= 15 is 0 Å². The van der Waals surface area contributed by atoms with Crippen LogP contribution in [0.15, 0.2) is 77.3 Å². The first-order valence-corrected chi connectivity index (χ1v) is 13.6. The summed E-state index contributed by atoms with van der Waals surface area (Å²) in [7, 11) is 4.15. The molecule has 39 heavy (non-hydrogen) atoms. The Labute approximate surface area is 245 Å². The molecule has 1 aliphatic heterocycles. The van der Waals surface area contributed by atoms with Crippen LogP contribution < -0.4 is 4.74 Å². The highest BCUT2D eigenvalue weighted by atomic mass is 35.5. The summed E-state index contributed by atoms with van der Waals surface area (Å²) < 4.78 is 12.2.